The first-order chi connectivity index (χ1) is 12.4. The monoisotopic (exact) mass is 387 g/mol. The first-order valence-corrected chi connectivity index (χ1v) is 9.81. The summed E-state index contributed by atoms with van der Waals surface area (Å²) in [5, 5.41) is 10.2. The second-order valence-corrected chi connectivity index (χ2v) is 7.72. The Hall–Kier alpha value is -1.98. The van der Waals surface area contributed by atoms with Gasteiger partial charge in [0.2, 0.25) is 0 Å². The van der Waals surface area contributed by atoms with E-state index in [1.807, 2.05) is 43.7 Å². The van der Waals surface area contributed by atoms with Gasteiger partial charge in [-0.25, -0.2) is 0 Å². The number of hydrogen-bond acceptors (Lipinski definition) is 4. The minimum atomic E-state index is -0.207. The lowest BCUT2D eigenvalue weighted by Crippen LogP contribution is -2.10. The van der Waals surface area contributed by atoms with Gasteiger partial charge in [0.25, 0.3) is 0 Å². The van der Waals surface area contributed by atoms with Crippen molar-refractivity contribution in [2.45, 2.75) is 37.8 Å². The van der Waals surface area contributed by atoms with E-state index < -0.39 is 0 Å². The van der Waals surface area contributed by atoms with Gasteiger partial charge in [-0.3, -0.25) is 0 Å². The van der Waals surface area contributed by atoms with E-state index >= 15 is 0 Å². The molecule has 3 aromatic rings. The number of aryl methyl sites for hydroxylation is 2. The van der Waals surface area contributed by atoms with Crippen molar-refractivity contribution in [3.8, 4) is 5.75 Å². The molecule has 0 bridgehead atoms. The van der Waals surface area contributed by atoms with Crippen LogP contribution in [0.15, 0.2) is 47.6 Å². The summed E-state index contributed by atoms with van der Waals surface area (Å²) in [4.78, 5) is 0. The molecule has 0 amide bonds. The predicted molar refractivity (Wildman–Crippen MR) is 107 cm³/mol. The summed E-state index contributed by atoms with van der Waals surface area (Å²) >= 11 is 7.68. The molecule has 4 nitrogen and oxygen atoms in total. The van der Waals surface area contributed by atoms with Crippen LogP contribution >= 0.6 is 23.4 Å². The molecule has 2 aromatic carbocycles. The predicted octanol–water partition coefficient (Wildman–Crippen LogP) is 5.52. The summed E-state index contributed by atoms with van der Waals surface area (Å²) in [6.07, 6.45) is -0.207. The summed E-state index contributed by atoms with van der Waals surface area (Å²) in [5.41, 5.74) is 3.54. The first kappa shape index (κ1) is 18.8. The van der Waals surface area contributed by atoms with Gasteiger partial charge < -0.3 is 9.30 Å². The third kappa shape index (κ3) is 4.40. The van der Waals surface area contributed by atoms with Crippen molar-refractivity contribution >= 4 is 23.4 Å². The molecule has 136 valence electrons. The molecule has 0 spiro atoms. The van der Waals surface area contributed by atoms with Crippen LogP contribution in [0.25, 0.3) is 0 Å². The number of nitrogens with zero attached hydrogens (tertiary/aromatic N) is 3. The largest absolute Gasteiger partial charge is 0.482 e. The van der Waals surface area contributed by atoms with Crippen molar-refractivity contribution < 1.29 is 4.74 Å². The molecule has 26 heavy (non-hydrogen) atoms. The molecular formula is C20H22ClN3OS. The van der Waals surface area contributed by atoms with E-state index in [0.29, 0.717) is 5.02 Å². The van der Waals surface area contributed by atoms with Crippen LogP contribution < -0.4 is 4.74 Å². The molecule has 0 saturated carbocycles. The van der Waals surface area contributed by atoms with E-state index in [0.717, 1.165) is 28.0 Å². The quantitative estimate of drug-likeness (QED) is 0.522. The highest BCUT2D eigenvalue weighted by molar-refractivity contribution is 7.98. The fraction of sp³-hybridized carbons (Fsp3) is 0.300. The molecule has 1 unspecified atom stereocenters. The Morgan fingerprint density at radius 2 is 1.85 bits per heavy atom. The van der Waals surface area contributed by atoms with Gasteiger partial charge in [-0.05, 0) is 50.1 Å². The normalized spacial score (nSPS) is 12.2. The van der Waals surface area contributed by atoms with Gasteiger partial charge in [-0.1, -0.05) is 53.2 Å². The smallest absolute Gasteiger partial charge is 0.191 e. The van der Waals surface area contributed by atoms with Crippen molar-refractivity contribution in [1.29, 1.82) is 0 Å². The van der Waals surface area contributed by atoms with Crippen molar-refractivity contribution in [3.05, 3.63) is 70.0 Å². The van der Waals surface area contributed by atoms with E-state index in [9.17, 15) is 0 Å². The van der Waals surface area contributed by atoms with Gasteiger partial charge in [0.05, 0.1) is 0 Å². The number of benzene rings is 2. The fourth-order valence-electron chi connectivity index (χ4n) is 2.63. The average molecular weight is 388 g/mol. The molecule has 0 aliphatic heterocycles. The summed E-state index contributed by atoms with van der Waals surface area (Å²) < 4.78 is 8.06. The molecule has 0 saturated heterocycles. The third-order valence-electron chi connectivity index (χ3n) is 4.16. The lowest BCUT2D eigenvalue weighted by Gasteiger charge is -2.16. The highest BCUT2D eigenvalue weighted by Gasteiger charge is 2.18. The van der Waals surface area contributed by atoms with E-state index in [4.69, 9.17) is 16.3 Å². The number of halogens is 1. The second-order valence-electron chi connectivity index (χ2n) is 6.34. The molecule has 1 aromatic heterocycles. The van der Waals surface area contributed by atoms with Crippen molar-refractivity contribution in [1.82, 2.24) is 14.8 Å². The molecule has 1 atom stereocenters. The Bertz CT molecular complexity index is 893. The summed E-state index contributed by atoms with van der Waals surface area (Å²) in [6.45, 7) is 6.05. The van der Waals surface area contributed by atoms with Gasteiger partial charge in [-0.2, -0.15) is 0 Å². The van der Waals surface area contributed by atoms with E-state index in [2.05, 4.69) is 41.4 Å². The van der Waals surface area contributed by atoms with Crippen LogP contribution in [-0.4, -0.2) is 14.8 Å². The van der Waals surface area contributed by atoms with Gasteiger partial charge in [0, 0.05) is 17.8 Å². The van der Waals surface area contributed by atoms with E-state index in [1.54, 1.807) is 11.8 Å². The number of rotatable bonds is 6. The van der Waals surface area contributed by atoms with Crippen molar-refractivity contribution in [2.75, 3.05) is 0 Å². The van der Waals surface area contributed by atoms with Crippen LogP contribution in [0.1, 0.15) is 35.5 Å². The van der Waals surface area contributed by atoms with Crippen molar-refractivity contribution in [3.63, 3.8) is 0 Å². The Morgan fingerprint density at radius 3 is 2.54 bits per heavy atom. The van der Waals surface area contributed by atoms with Crippen molar-refractivity contribution in [2.24, 2.45) is 7.05 Å². The molecule has 0 radical (unpaired) electrons. The van der Waals surface area contributed by atoms with Crippen LogP contribution in [0, 0.1) is 13.8 Å². The average Bonchev–Trinajstić information content (AvgIpc) is 2.98. The molecular weight excluding hydrogens is 366 g/mol. The van der Waals surface area contributed by atoms with Crippen LogP contribution in [0.2, 0.25) is 5.02 Å². The fourth-order valence-corrected chi connectivity index (χ4v) is 3.73. The van der Waals surface area contributed by atoms with Gasteiger partial charge in [0.15, 0.2) is 17.1 Å². The van der Waals surface area contributed by atoms with E-state index in [-0.39, 0.29) is 6.10 Å². The minimum Gasteiger partial charge on any atom is -0.482 e. The number of ether oxygens (including phenoxy) is 1. The minimum absolute atomic E-state index is 0.207. The topological polar surface area (TPSA) is 39.9 Å². The lowest BCUT2D eigenvalue weighted by atomic mass is 10.2. The number of hydrogen-bond donors (Lipinski definition) is 0. The van der Waals surface area contributed by atoms with Crippen LogP contribution in [0.5, 0.6) is 5.75 Å². The van der Waals surface area contributed by atoms with Crippen LogP contribution in [0.3, 0.4) is 0 Å². The maximum atomic E-state index is 6.07. The maximum Gasteiger partial charge on any atom is 0.191 e. The molecule has 0 N–H and O–H groups in total. The zero-order valence-corrected chi connectivity index (χ0v) is 16.9. The SMILES string of the molecule is Cc1ccc(CSc2nnc(C(C)Oc3ccc(Cl)cc3C)n2C)cc1. The molecule has 6 heteroatoms. The lowest BCUT2D eigenvalue weighted by molar-refractivity contribution is 0.210. The third-order valence-corrected chi connectivity index (χ3v) is 5.49. The number of aromatic nitrogens is 3. The Kier molecular flexibility index (Phi) is 5.89. The van der Waals surface area contributed by atoms with Gasteiger partial charge >= 0.3 is 0 Å². The molecule has 0 fully saturated rings. The zero-order chi connectivity index (χ0) is 18.7. The highest BCUT2D eigenvalue weighted by Crippen LogP contribution is 2.28. The highest BCUT2D eigenvalue weighted by atomic mass is 35.5. The first-order valence-electron chi connectivity index (χ1n) is 8.44. The molecule has 1 heterocycles. The van der Waals surface area contributed by atoms with Gasteiger partial charge in [-0.15, -0.1) is 10.2 Å². The molecule has 0 aliphatic rings. The molecule has 3 rings (SSSR count). The number of thioether (sulfide) groups is 1. The Labute approximate surface area is 163 Å². The second kappa shape index (κ2) is 8.14. The summed E-state index contributed by atoms with van der Waals surface area (Å²) in [6, 6.07) is 14.2. The maximum absolute atomic E-state index is 6.07. The standard InChI is InChI=1S/C20H22ClN3OS/c1-13-5-7-16(8-6-13)12-26-20-23-22-19(24(20)4)15(3)25-18-10-9-17(21)11-14(18)2/h5-11,15H,12H2,1-4H3. The van der Waals surface area contributed by atoms with E-state index in [1.165, 1.54) is 11.1 Å². The van der Waals surface area contributed by atoms with Gasteiger partial charge in [0.1, 0.15) is 5.75 Å². The Balaban J connectivity index is 1.68. The zero-order valence-electron chi connectivity index (χ0n) is 15.4. The van der Waals surface area contributed by atoms with Crippen LogP contribution in [-0.2, 0) is 12.8 Å². The van der Waals surface area contributed by atoms with Crippen LogP contribution in [0.4, 0.5) is 0 Å². The summed E-state index contributed by atoms with van der Waals surface area (Å²) in [7, 11) is 1.97. The summed E-state index contributed by atoms with van der Waals surface area (Å²) in [5.74, 6) is 2.46. The Morgan fingerprint density at radius 1 is 1.12 bits per heavy atom. The molecule has 0 aliphatic carbocycles.